The first-order chi connectivity index (χ1) is 8.54. The molecule has 0 unspecified atom stereocenters. The smallest absolute Gasteiger partial charge is 0.133 e. The molecule has 0 fully saturated rings. The summed E-state index contributed by atoms with van der Waals surface area (Å²) in [7, 11) is 5.64. The summed E-state index contributed by atoms with van der Waals surface area (Å²) in [6, 6.07) is 5.26. The molecule has 0 aliphatic heterocycles. The second-order valence-electron chi connectivity index (χ2n) is 4.28. The average Bonchev–Trinajstić information content (AvgIpc) is 2.33. The number of nitrogen functional groups attached to an aromatic ring is 1. The Morgan fingerprint density at radius 1 is 1.39 bits per heavy atom. The minimum Gasteiger partial charge on any atom is -0.497 e. The van der Waals surface area contributed by atoms with Crippen molar-refractivity contribution < 1.29 is 9.47 Å². The van der Waals surface area contributed by atoms with Gasteiger partial charge >= 0.3 is 0 Å². The zero-order chi connectivity index (χ0) is 13.5. The van der Waals surface area contributed by atoms with Crippen LogP contribution in [0.1, 0.15) is 12.0 Å². The normalized spacial score (nSPS) is 10.4. The lowest BCUT2D eigenvalue weighted by molar-refractivity contribution is 0.280. The molecule has 1 aromatic carbocycles. The van der Waals surface area contributed by atoms with E-state index >= 15 is 0 Å². The fraction of sp³-hybridized carbons (Fsp3) is 0.462. The molecule has 0 aliphatic carbocycles. The molecular formula is C13H21N3O2. The van der Waals surface area contributed by atoms with Crippen molar-refractivity contribution in [2.45, 2.75) is 6.42 Å². The highest BCUT2D eigenvalue weighted by Gasteiger charge is 2.08. The van der Waals surface area contributed by atoms with Gasteiger partial charge in [0.1, 0.15) is 17.3 Å². The van der Waals surface area contributed by atoms with Gasteiger partial charge in [0.25, 0.3) is 0 Å². The van der Waals surface area contributed by atoms with Crippen molar-refractivity contribution in [3.63, 3.8) is 0 Å². The third-order valence-electron chi connectivity index (χ3n) is 2.49. The predicted molar refractivity (Wildman–Crippen MR) is 72.7 cm³/mol. The van der Waals surface area contributed by atoms with E-state index in [0.29, 0.717) is 23.7 Å². The van der Waals surface area contributed by atoms with Crippen LogP contribution in [0.25, 0.3) is 0 Å². The van der Waals surface area contributed by atoms with Crippen molar-refractivity contribution >= 4 is 5.84 Å². The van der Waals surface area contributed by atoms with Gasteiger partial charge in [0.05, 0.1) is 19.3 Å². The number of rotatable bonds is 7. The fourth-order valence-electron chi connectivity index (χ4n) is 1.53. The molecule has 0 atom stereocenters. The van der Waals surface area contributed by atoms with E-state index in [4.69, 9.17) is 20.6 Å². The van der Waals surface area contributed by atoms with Gasteiger partial charge in [-0.1, -0.05) is 0 Å². The third-order valence-corrected chi connectivity index (χ3v) is 2.49. The molecule has 1 aromatic rings. The summed E-state index contributed by atoms with van der Waals surface area (Å²) in [5.41, 5.74) is 6.11. The molecule has 5 heteroatoms. The molecule has 0 aliphatic rings. The number of hydrogen-bond acceptors (Lipinski definition) is 4. The van der Waals surface area contributed by atoms with Gasteiger partial charge in [0.15, 0.2) is 0 Å². The van der Waals surface area contributed by atoms with Crippen LogP contribution in [0.15, 0.2) is 18.2 Å². The Morgan fingerprint density at radius 2 is 2.11 bits per heavy atom. The summed E-state index contributed by atoms with van der Waals surface area (Å²) in [6.45, 7) is 1.55. The first-order valence-electron chi connectivity index (χ1n) is 5.84. The molecule has 0 bridgehead atoms. The van der Waals surface area contributed by atoms with Gasteiger partial charge in [0.2, 0.25) is 0 Å². The van der Waals surface area contributed by atoms with E-state index in [1.807, 2.05) is 14.1 Å². The largest absolute Gasteiger partial charge is 0.497 e. The van der Waals surface area contributed by atoms with E-state index in [0.717, 1.165) is 13.0 Å². The highest BCUT2D eigenvalue weighted by Crippen LogP contribution is 2.24. The van der Waals surface area contributed by atoms with Crippen molar-refractivity contribution in [1.82, 2.24) is 4.90 Å². The van der Waals surface area contributed by atoms with Gasteiger partial charge < -0.3 is 20.1 Å². The molecule has 0 heterocycles. The van der Waals surface area contributed by atoms with Gasteiger partial charge in [-0.2, -0.15) is 0 Å². The van der Waals surface area contributed by atoms with Crippen LogP contribution >= 0.6 is 0 Å². The maximum absolute atomic E-state index is 7.50. The summed E-state index contributed by atoms with van der Waals surface area (Å²) >= 11 is 0. The summed E-state index contributed by atoms with van der Waals surface area (Å²) in [5.74, 6) is 1.29. The van der Waals surface area contributed by atoms with E-state index < -0.39 is 0 Å². The molecule has 0 saturated carbocycles. The molecule has 5 nitrogen and oxygen atoms in total. The van der Waals surface area contributed by atoms with E-state index in [1.54, 1.807) is 25.3 Å². The molecule has 1 rings (SSSR count). The first-order valence-corrected chi connectivity index (χ1v) is 5.84. The molecule has 18 heavy (non-hydrogen) atoms. The molecule has 0 radical (unpaired) electrons. The van der Waals surface area contributed by atoms with Crippen LogP contribution in [0.4, 0.5) is 0 Å². The molecule has 100 valence electrons. The average molecular weight is 251 g/mol. The fourth-order valence-corrected chi connectivity index (χ4v) is 1.53. The highest BCUT2D eigenvalue weighted by molar-refractivity contribution is 5.97. The molecule has 0 spiro atoms. The van der Waals surface area contributed by atoms with Crippen LogP contribution in [0, 0.1) is 5.41 Å². The SMILES string of the molecule is COc1ccc(C(=N)N)c(OCCCN(C)C)c1. The van der Waals surface area contributed by atoms with Gasteiger partial charge in [0, 0.05) is 12.6 Å². The van der Waals surface area contributed by atoms with Crippen molar-refractivity contribution in [3.8, 4) is 11.5 Å². The van der Waals surface area contributed by atoms with Gasteiger partial charge in [-0.05, 0) is 32.6 Å². The molecule has 0 saturated heterocycles. The minimum atomic E-state index is 0.000243. The summed E-state index contributed by atoms with van der Waals surface area (Å²) in [4.78, 5) is 2.10. The van der Waals surface area contributed by atoms with Gasteiger partial charge in [-0.3, -0.25) is 5.41 Å². The number of hydrogen-bond donors (Lipinski definition) is 2. The van der Waals surface area contributed by atoms with Crippen LogP contribution in [-0.4, -0.2) is 45.1 Å². The Hall–Kier alpha value is -1.75. The Bertz CT molecular complexity index is 405. The number of nitrogens with one attached hydrogen (secondary N) is 1. The van der Waals surface area contributed by atoms with Crippen molar-refractivity contribution in [2.75, 3.05) is 34.4 Å². The molecule has 3 N–H and O–H groups in total. The minimum absolute atomic E-state index is 0.000243. The van der Waals surface area contributed by atoms with E-state index in [-0.39, 0.29) is 5.84 Å². The Morgan fingerprint density at radius 3 is 2.67 bits per heavy atom. The highest BCUT2D eigenvalue weighted by atomic mass is 16.5. The monoisotopic (exact) mass is 251 g/mol. The van der Waals surface area contributed by atoms with Gasteiger partial charge in [-0.25, -0.2) is 0 Å². The quantitative estimate of drug-likeness (QED) is 0.435. The van der Waals surface area contributed by atoms with Crippen LogP contribution in [0.3, 0.4) is 0 Å². The number of nitrogens with two attached hydrogens (primary N) is 1. The molecule has 0 amide bonds. The first kappa shape index (κ1) is 14.3. The van der Waals surface area contributed by atoms with Crippen molar-refractivity contribution in [1.29, 1.82) is 5.41 Å². The maximum Gasteiger partial charge on any atom is 0.133 e. The van der Waals surface area contributed by atoms with E-state index in [1.165, 1.54) is 0 Å². The molecule has 0 aromatic heterocycles. The number of methoxy groups -OCH3 is 1. The Labute approximate surface area is 108 Å². The van der Waals surface area contributed by atoms with Crippen molar-refractivity contribution in [3.05, 3.63) is 23.8 Å². The summed E-state index contributed by atoms with van der Waals surface area (Å²) < 4.78 is 10.8. The van der Waals surface area contributed by atoms with Gasteiger partial charge in [-0.15, -0.1) is 0 Å². The Balaban J connectivity index is 2.69. The predicted octanol–water partition coefficient (Wildman–Crippen LogP) is 1.31. The van der Waals surface area contributed by atoms with Crippen molar-refractivity contribution in [2.24, 2.45) is 5.73 Å². The van der Waals surface area contributed by atoms with E-state index in [9.17, 15) is 0 Å². The zero-order valence-electron chi connectivity index (χ0n) is 11.2. The lowest BCUT2D eigenvalue weighted by Crippen LogP contribution is -2.17. The number of nitrogens with zero attached hydrogens (tertiary/aromatic N) is 1. The lowest BCUT2D eigenvalue weighted by atomic mass is 10.2. The number of benzene rings is 1. The van der Waals surface area contributed by atoms with Crippen LogP contribution in [0.2, 0.25) is 0 Å². The number of ether oxygens (including phenoxy) is 2. The van der Waals surface area contributed by atoms with E-state index in [2.05, 4.69) is 4.90 Å². The Kier molecular flexibility index (Phi) is 5.45. The van der Waals surface area contributed by atoms with Crippen LogP contribution in [0.5, 0.6) is 11.5 Å². The van der Waals surface area contributed by atoms with Crippen LogP contribution < -0.4 is 15.2 Å². The lowest BCUT2D eigenvalue weighted by Gasteiger charge is -2.13. The maximum atomic E-state index is 7.50. The molecular weight excluding hydrogens is 230 g/mol. The standard InChI is InChI=1S/C13H21N3O2/c1-16(2)7-4-8-18-12-9-10(17-3)5-6-11(12)13(14)15/h5-6,9H,4,7-8H2,1-3H3,(H3,14,15). The number of amidine groups is 1. The summed E-state index contributed by atoms with van der Waals surface area (Å²) in [6.07, 6.45) is 0.918. The third kappa shape index (κ3) is 4.25. The topological polar surface area (TPSA) is 71.6 Å². The van der Waals surface area contributed by atoms with Crippen LogP contribution in [-0.2, 0) is 0 Å². The second-order valence-corrected chi connectivity index (χ2v) is 4.28. The second kappa shape index (κ2) is 6.86. The summed E-state index contributed by atoms with van der Waals surface area (Å²) in [5, 5.41) is 7.50. The zero-order valence-corrected chi connectivity index (χ0v) is 11.2.